The molecule has 0 atom stereocenters. The van der Waals surface area contributed by atoms with Gasteiger partial charge in [0.05, 0.1) is 0 Å². The lowest BCUT2D eigenvalue weighted by atomic mass is 10.2. The molecule has 0 aliphatic heterocycles. The first-order valence-electron chi connectivity index (χ1n) is 5.54. The third kappa shape index (κ3) is 2.27. The Hall–Kier alpha value is -2.64. The second-order valence-corrected chi connectivity index (χ2v) is 3.88. The topological polar surface area (TPSA) is 63.7 Å². The zero-order valence-electron chi connectivity index (χ0n) is 9.85. The van der Waals surface area contributed by atoms with Crippen LogP contribution in [-0.4, -0.2) is 26.8 Å². The number of H-pyrrole nitrogens is 1. The molecule has 102 valence electrons. The number of hydrogen-bond donors (Lipinski definition) is 1. The molecule has 0 saturated carbocycles. The highest BCUT2D eigenvalue weighted by atomic mass is 19.3. The highest BCUT2D eigenvalue weighted by molar-refractivity contribution is 5.86. The van der Waals surface area contributed by atoms with E-state index in [0.717, 1.165) is 6.07 Å². The summed E-state index contributed by atoms with van der Waals surface area (Å²) in [5, 5.41) is 6.63. The lowest BCUT2D eigenvalue weighted by molar-refractivity contribution is -0.0490. The number of halogens is 3. The van der Waals surface area contributed by atoms with Crippen LogP contribution in [0.25, 0.3) is 22.4 Å². The molecule has 0 spiro atoms. The number of aromatic amines is 1. The summed E-state index contributed by atoms with van der Waals surface area (Å²) >= 11 is 0. The molecule has 3 aromatic rings. The number of benzene rings is 1. The fraction of sp³-hybridized carbons (Fsp3) is 0.0833. The van der Waals surface area contributed by atoms with Crippen molar-refractivity contribution in [2.45, 2.75) is 6.61 Å². The predicted octanol–water partition coefficient (Wildman–Crippen LogP) is 2.76. The Labute approximate surface area is 110 Å². The van der Waals surface area contributed by atoms with Gasteiger partial charge in [0, 0.05) is 11.5 Å². The van der Waals surface area contributed by atoms with Crippen LogP contribution in [-0.2, 0) is 0 Å². The van der Waals surface area contributed by atoms with Gasteiger partial charge in [0.2, 0.25) is 0 Å². The van der Waals surface area contributed by atoms with Crippen molar-refractivity contribution in [2.75, 3.05) is 0 Å². The molecular weight excluding hydrogens is 273 g/mol. The van der Waals surface area contributed by atoms with Gasteiger partial charge in [-0.15, -0.1) is 0 Å². The van der Waals surface area contributed by atoms with E-state index in [2.05, 4.69) is 24.9 Å². The van der Waals surface area contributed by atoms with E-state index in [-0.39, 0.29) is 11.3 Å². The first-order valence-corrected chi connectivity index (χ1v) is 5.54. The minimum atomic E-state index is -3.06. The van der Waals surface area contributed by atoms with Gasteiger partial charge in [0.15, 0.2) is 11.6 Å². The molecule has 0 saturated heterocycles. The monoisotopic (exact) mass is 280 g/mol. The van der Waals surface area contributed by atoms with Crippen molar-refractivity contribution in [1.82, 2.24) is 20.2 Å². The number of hydrogen-bond acceptors (Lipinski definition) is 4. The number of ether oxygens (including phenoxy) is 1. The Morgan fingerprint density at radius 3 is 2.75 bits per heavy atom. The molecular formula is C12H7F3N4O. The summed E-state index contributed by atoms with van der Waals surface area (Å²) < 4.78 is 42.3. The van der Waals surface area contributed by atoms with Crippen LogP contribution in [0.3, 0.4) is 0 Å². The minimum Gasteiger partial charge on any atom is -0.432 e. The molecule has 20 heavy (non-hydrogen) atoms. The Bertz CT molecular complexity index is 746. The number of fused-ring (bicyclic) bond motifs is 1. The molecule has 0 aliphatic carbocycles. The Kier molecular flexibility index (Phi) is 2.97. The van der Waals surface area contributed by atoms with Crippen LogP contribution in [0.5, 0.6) is 5.75 Å². The van der Waals surface area contributed by atoms with Crippen LogP contribution in [0.1, 0.15) is 0 Å². The van der Waals surface area contributed by atoms with Crippen LogP contribution < -0.4 is 4.74 Å². The summed E-state index contributed by atoms with van der Waals surface area (Å²) in [4.78, 5) is 8.06. The highest BCUT2D eigenvalue weighted by Gasteiger charge is 2.13. The van der Waals surface area contributed by atoms with E-state index in [1.807, 2.05) is 0 Å². The van der Waals surface area contributed by atoms with Gasteiger partial charge in [0.25, 0.3) is 0 Å². The number of nitrogens with one attached hydrogen (secondary N) is 1. The maximum Gasteiger partial charge on any atom is 0.387 e. The van der Waals surface area contributed by atoms with Gasteiger partial charge in [-0.05, 0) is 12.1 Å². The Balaban J connectivity index is 2.18. The summed E-state index contributed by atoms with van der Waals surface area (Å²) in [5.74, 6) is -0.627. The molecule has 3 rings (SSSR count). The highest BCUT2D eigenvalue weighted by Crippen LogP contribution is 2.28. The largest absolute Gasteiger partial charge is 0.432 e. The van der Waals surface area contributed by atoms with Crippen LogP contribution in [0.4, 0.5) is 13.2 Å². The first-order chi connectivity index (χ1) is 9.63. The maximum absolute atomic E-state index is 13.3. The second-order valence-electron chi connectivity index (χ2n) is 3.88. The van der Waals surface area contributed by atoms with E-state index in [9.17, 15) is 13.2 Å². The first kappa shape index (κ1) is 12.4. The molecule has 0 aliphatic rings. The molecule has 2 heterocycles. The van der Waals surface area contributed by atoms with Crippen molar-refractivity contribution in [3.63, 3.8) is 0 Å². The SMILES string of the molecule is Fc1cc(OC(F)F)c2nc(-c3ncn[nH]3)ccc2c1. The van der Waals surface area contributed by atoms with E-state index < -0.39 is 12.4 Å². The van der Waals surface area contributed by atoms with E-state index in [1.54, 1.807) is 12.1 Å². The van der Waals surface area contributed by atoms with Gasteiger partial charge in [-0.3, -0.25) is 5.10 Å². The fourth-order valence-electron chi connectivity index (χ4n) is 1.81. The number of alkyl halides is 2. The summed E-state index contributed by atoms with van der Waals surface area (Å²) in [7, 11) is 0. The molecule has 5 nitrogen and oxygen atoms in total. The Morgan fingerprint density at radius 2 is 2.05 bits per heavy atom. The maximum atomic E-state index is 13.3. The second kappa shape index (κ2) is 4.80. The standard InChI is InChI=1S/C12H7F3N4O/c13-7-3-6-1-2-8(11-16-5-17-19-11)18-10(6)9(4-7)20-12(14)15/h1-5,12H,(H,16,17,19). The molecule has 2 aromatic heterocycles. The summed E-state index contributed by atoms with van der Waals surface area (Å²) in [6.07, 6.45) is 1.29. The van der Waals surface area contributed by atoms with Crippen LogP contribution in [0, 0.1) is 5.82 Å². The molecule has 1 N–H and O–H groups in total. The molecule has 0 fully saturated rings. The Morgan fingerprint density at radius 1 is 1.20 bits per heavy atom. The third-order valence-electron chi connectivity index (χ3n) is 2.60. The zero-order chi connectivity index (χ0) is 14.1. The average molecular weight is 280 g/mol. The lowest BCUT2D eigenvalue weighted by Crippen LogP contribution is -2.03. The zero-order valence-corrected chi connectivity index (χ0v) is 9.85. The van der Waals surface area contributed by atoms with Gasteiger partial charge in [-0.25, -0.2) is 14.4 Å². The van der Waals surface area contributed by atoms with E-state index in [1.165, 1.54) is 12.4 Å². The summed E-state index contributed by atoms with van der Waals surface area (Å²) in [6.45, 7) is -3.06. The number of pyridine rings is 1. The fourth-order valence-corrected chi connectivity index (χ4v) is 1.81. The van der Waals surface area contributed by atoms with Crippen molar-refractivity contribution < 1.29 is 17.9 Å². The van der Waals surface area contributed by atoms with Crippen molar-refractivity contribution in [1.29, 1.82) is 0 Å². The van der Waals surface area contributed by atoms with Gasteiger partial charge in [-0.1, -0.05) is 6.07 Å². The molecule has 0 amide bonds. The van der Waals surface area contributed by atoms with Crippen molar-refractivity contribution in [3.05, 3.63) is 36.4 Å². The lowest BCUT2D eigenvalue weighted by Gasteiger charge is -2.08. The van der Waals surface area contributed by atoms with Crippen molar-refractivity contribution in [2.24, 2.45) is 0 Å². The van der Waals surface area contributed by atoms with E-state index >= 15 is 0 Å². The average Bonchev–Trinajstić information content (AvgIpc) is 2.91. The van der Waals surface area contributed by atoms with Gasteiger partial charge in [-0.2, -0.15) is 13.9 Å². The van der Waals surface area contributed by atoms with Crippen LogP contribution in [0.2, 0.25) is 0 Å². The van der Waals surface area contributed by atoms with Gasteiger partial charge < -0.3 is 4.74 Å². The summed E-state index contributed by atoms with van der Waals surface area (Å²) in [5.41, 5.74) is 0.515. The number of aromatic nitrogens is 4. The smallest absolute Gasteiger partial charge is 0.387 e. The third-order valence-corrected chi connectivity index (χ3v) is 2.60. The van der Waals surface area contributed by atoms with Crippen molar-refractivity contribution >= 4 is 10.9 Å². The van der Waals surface area contributed by atoms with Crippen LogP contribution >= 0.6 is 0 Å². The summed E-state index contributed by atoms with van der Waals surface area (Å²) in [6, 6.07) is 5.17. The quantitative estimate of drug-likeness (QED) is 0.801. The molecule has 1 aromatic carbocycles. The number of rotatable bonds is 3. The van der Waals surface area contributed by atoms with Crippen LogP contribution in [0.15, 0.2) is 30.6 Å². The molecule has 0 unspecified atom stereocenters. The normalized spacial score (nSPS) is 11.2. The number of nitrogens with zero attached hydrogens (tertiary/aromatic N) is 3. The minimum absolute atomic E-state index is 0.126. The molecule has 0 bridgehead atoms. The van der Waals surface area contributed by atoms with E-state index in [4.69, 9.17) is 0 Å². The molecule has 0 radical (unpaired) electrons. The van der Waals surface area contributed by atoms with Gasteiger partial charge >= 0.3 is 6.61 Å². The van der Waals surface area contributed by atoms with Gasteiger partial charge in [0.1, 0.15) is 23.4 Å². The van der Waals surface area contributed by atoms with Crippen molar-refractivity contribution in [3.8, 4) is 17.3 Å². The van der Waals surface area contributed by atoms with E-state index in [0.29, 0.717) is 16.9 Å². The predicted molar refractivity (Wildman–Crippen MR) is 63.7 cm³/mol. The molecule has 8 heteroatoms.